The molecule has 0 spiro atoms. The maximum atomic E-state index is 11.8. The minimum atomic E-state index is -0.0988. The van der Waals surface area contributed by atoms with Crippen LogP contribution >= 0.6 is 0 Å². The standard InChI is InChI=1S/C16H27N3O/c1-6-13(3)18-16(20)17-11-15(19(4)5)14-9-7-12(2)8-10-14/h7-10,13,15H,6,11H2,1-5H3,(H2,17,18,20). The Morgan fingerprint density at radius 2 is 1.85 bits per heavy atom. The number of hydrogen-bond acceptors (Lipinski definition) is 2. The summed E-state index contributed by atoms with van der Waals surface area (Å²) in [5.74, 6) is 0. The lowest BCUT2D eigenvalue weighted by atomic mass is 10.0. The monoisotopic (exact) mass is 277 g/mol. The summed E-state index contributed by atoms with van der Waals surface area (Å²) in [6, 6.07) is 8.72. The fraction of sp³-hybridized carbons (Fsp3) is 0.562. The van der Waals surface area contributed by atoms with Gasteiger partial charge in [-0.1, -0.05) is 36.8 Å². The average molecular weight is 277 g/mol. The van der Waals surface area contributed by atoms with E-state index in [-0.39, 0.29) is 18.1 Å². The number of carbonyl (C=O) groups excluding carboxylic acids is 1. The minimum absolute atomic E-state index is 0.0988. The second-order valence-electron chi connectivity index (χ2n) is 5.55. The van der Waals surface area contributed by atoms with Crippen molar-refractivity contribution in [1.82, 2.24) is 15.5 Å². The summed E-state index contributed by atoms with van der Waals surface area (Å²) in [6.07, 6.45) is 0.933. The van der Waals surface area contributed by atoms with E-state index in [1.807, 2.05) is 21.0 Å². The minimum Gasteiger partial charge on any atom is -0.336 e. The van der Waals surface area contributed by atoms with Gasteiger partial charge in [0.05, 0.1) is 6.04 Å². The van der Waals surface area contributed by atoms with Gasteiger partial charge in [0, 0.05) is 12.6 Å². The molecule has 2 atom stereocenters. The summed E-state index contributed by atoms with van der Waals surface area (Å²) in [6.45, 7) is 6.73. The van der Waals surface area contributed by atoms with Crippen LogP contribution in [-0.4, -0.2) is 37.6 Å². The lowest BCUT2D eigenvalue weighted by Crippen LogP contribution is -2.43. The fourth-order valence-electron chi connectivity index (χ4n) is 1.95. The van der Waals surface area contributed by atoms with Gasteiger partial charge < -0.3 is 15.5 Å². The third-order valence-corrected chi connectivity index (χ3v) is 3.53. The molecular formula is C16H27N3O. The van der Waals surface area contributed by atoms with Crippen LogP contribution in [0.2, 0.25) is 0 Å². The number of likely N-dealkylation sites (N-methyl/N-ethyl adjacent to an activating group) is 1. The first-order valence-electron chi connectivity index (χ1n) is 7.21. The molecule has 0 fully saturated rings. The number of nitrogens with one attached hydrogen (secondary N) is 2. The van der Waals surface area contributed by atoms with Crippen LogP contribution in [0.3, 0.4) is 0 Å². The number of hydrogen-bond donors (Lipinski definition) is 2. The van der Waals surface area contributed by atoms with Crippen LogP contribution in [0.1, 0.15) is 37.4 Å². The van der Waals surface area contributed by atoms with Gasteiger partial charge in [-0.3, -0.25) is 0 Å². The fourth-order valence-corrected chi connectivity index (χ4v) is 1.95. The molecule has 0 bridgehead atoms. The third kappa shape index (κ3) is 5.21. The summed E-state index contributed by atoms with van der Waals surface area (Å²) < 4.78 is 0. The van der Waals surface area contributed by atoms with Crippen LogP contribution in [0.15, 0.2) is 24.3 Å². The van der Waals surface area contributed by atoms with Crippen molar-refractivity contribution in [1.29, 1.82) is 0 Å². The molecule has 1 aromatic carbocycles. The third-order valence-electron chi connectivity index (χ3n) is 3.53. The molecule has 0 aromatic heterocycles. The predicted octanol–water partition coefficient (Wildman–Crippen LogP) is 2.70. The van der Waals surface area contributed by atoms with E-state index in [1.165, 1.54) is 11.1 Å². The Bertz CT molecular complexity index is 414. The molecular weight excluding hydrogens is 250 g/mol. The van der Waals surface area contributed by atoms with Crippen molar-refractivity contribution in [2.45, 2.75) is 39.3 Å². The van der Waals surface area contributed by atoms with Gasteiger partial charge in [0.25, 0.3) is 0 Å². The summed E-state index contributed by atoms with van der Waals surface area (Å²) in [4.78, 5) is 13.9. The molecule has 0 radical (unpaired) electrons. The van der Waals surface area contributed by atoms with Crippen LogP contribution in [-0.2, 0) is 0 Å². The van der Waals surface area contributed by atoms with Gasteiger partial charge in [-0.2, -0.15) is 0 Å². The molecule has 2 N–H and O–H groups in total. The molecule has 0 aliphatic rings. The Morgan fingerprint density at radius 3 is 2.35 bits per heavy atom. The molecule has 1 rings (SSSR count). The number of amides is 2. The maximum Gasteiger partial charge on any atom is 0.315 e. The zero-order valence-corrected chi connectivity index (χ0v) is 13.2. The molecule has 0 aliphatic heterocycles. The van der Waals surface area contributed by atoms with Crippen molar-refractivity contribution < 1.29 is 4.79 Å². The first kappa shape index (κ1) is 16.5. The van der Waals surface area contributed by atoms with E-state index < -0.39 is 0 Å². The molecule has 2 unspecified atom stereocenters. The number of nitrogens with zero attached hydrogens (tertiary/aromatic N) is 1. The lowest BCUT2D eigenvalue weighted by Gasteiger charge is -2.25. The van der Waals surface area contributed by atoms with Gasteiger partial charge >= 0.3 is 6.03 Å². The maximum absolute atomic E-state index is 11.8. The van der Waals surface area contributed by atoms with E-state index >= 15 is 0 Å². The highest BCUT2D eigenvalue weighted by Gasteiger charge is 2.15. The molecule has 4 heteroatoms. The molecule has 1 aromatic rings. The van der Waals surface area contributed by atoms with Crippen LogP contribution < -0.4 is 10.6 Å². The molecule has 0 aliphatic carbocycles. The molecule has 0 saturated carbocycles. The quantitative estimate of drug-likeness (QED) is 0.839. The largest absolute Gasteiger partial charge is 0.336 e. The highest BCUT2D eigenvalue weighted by atomic mass is 16.2. The van der Waals surface area contributed by atoms with Gasteiger partial charge in [-0.05, 0) is 39.9 Å². The van der Waals surface area contributed by atoms with Crippen molar-refractivity contribution in [3.63, 3.8) is 0 Å². The van der Waals surface area contributed by atoms with Crippen LogP contribution in [0.5, 0.6) is 0 Å². The van der Waals surface area contributed by atoms with Crippen molar-refractivity contribution in [2.24, 2.45) is 0 Å². The van der Waals surface area contributed by atoms with Crippen LogP contribution in [0.25, 0.3) is 0 Å². The number of rotatable bonds is 6. The first-order chi connectivity index (χ1) is 9.43. The van der Waals surface area contributed by atoms with Gasteiger partial charge in [-0.15, -0.1) is 0 Å². The predicted molar refractivity (Wildman–Crippen MR) is 83.9 cm³/mol. The highest BCUT2D eigenvalue weighted by molar-refractivity contribution is 5.74. The zero-order valence-electron chi connectivity index (χ0n) is 13.2. The topological polar surface area (TPSA) is 44.4 Å². The number of benzene rings is 1. The molecule has 2 amide bonds. The highest BCUT2D eigenvalue weighted by Crippen LogP contribution is 2.17. The molecule has 112 valence electrons. The number of aryl methyl sites for hydroxylation is 1. The number of carbonyl (C=O) groups is 1. The average Bonchev–Trinajstić information content (AvgIpc) is 2.40. The van der Waals surface area contributed by atoms with E-state index in [4.69, 9.17) is 0 Å². The Labute approximate surface area is 122 Å². The summed E-state index contributed by atoms with van der Waals surface area (Å²) in [5, 5.41) is 5.87. The van der Waals surface area contributed by atoms with Gasteiger partial charge in [0.15, 0.2) is 0 Å². The van der Waals surface area contributed by atoms with E-state index in [9.17, 15) is 4.79 Å². The summed E-state index contributed by atoms with van der Waals surface area (Å²) in [7, 11) is 4.05. The van der Waals surface area contributed by atoms with E-state index in [1.54, 1.807) is 0 Å². The summed E-state index contributed by atoms with van der Waals surface area (Å²) >= 11 is 0. The Kier molecular flexibility index (Phi) is 6.52. The van der Waals surface area contributed by atoms with E-state index in [2.05, 4.69) is 53.6 Å². The number of urea groups is 1. The van der Waals surface area contributed by atoms with Crippen molar-refractivity contribution in [2.75, 3.05) is 20.6 Å². The molecule has 0 heterocycles. The van der Waals surface area contributed by atoms with Crippen molar-refractivity contribution in [3.8, 4) is 0 Å². The Morgan fingerprint density at radius 1 is 1.25 bits per heavy atom. The second kappa shape index (κ2) is 7.90. The van der Waals surface area contributed by atoms with E-state index in [0.717, 1.165) is 6.42 Å². The van der Waals surface area contributed by atoms with Crippen molar-refractivity contribution in [3.05, 3.63) is 35.4 Å². The molecule has 4 nitrogen and oxygen atoms in total. The molecule has 20 heavy (non-hydrogen) atoms. The molecule has 0 saturated heterocycles. The SMILES string of the molecule is CCC(C)NC(=O)NCC(c1ccc(C)cc1)N(C)C. The lowest BCUT2D eigenvalue weighted by molar-refractivity contribution is 0.229. The van der Waals surface area contributed by atoms with Crippen LogP contribution in [0, 0.1) is 6.92 Å². The second-order valence-corrected chi connectivity index (χ2v) is 5.55. The smallest absolute Gasteiger partial charge is 0.315 e. The van der Waals surface area contributed by atoms with Gasteiger partial charge in [0.2, 0.25) is 0 Å². The van der Waals surface area contributed by atoms with Gasteiger partial charge in [0.1, 0.15) is 0 Å². The van der Waals surface area contributed by atoms with E-state index in [0.29, 0.717) is 6.54 Å². The van der Waals surface area contributed by atoms with Crippen molar-refractivity contribution >= 4 is 6.03 Å². The zero-order chi connectivity index (χ0) is 15.1. The normalized spacial score (nSPS) is 13.9. The summed E-state index contributed by atoms with van der Waals surface area (Å²) in [5.41, 5.74) is 2.46. The first-order valence-corrected chi connectivity index (χ1v) is 7.21. The van der Waals surface area contributed by atoms with Crippen LogP contribution in [0.4, 0.5) is 4.79 Å². The van der Waals surface area contributed by atoms with Gasteiger partial charge in [-0.25, -0.2) is 4.79 Å². The Hall–Kier alpha value is -1.55. The Balaban J connectivity index is 2.60.